The fraction of sp³-hybridized carbons (Fsp3) is 0.381. The monoisotopic (exact) mass is 524 g/mol. The summed E-state index contributed by atoms with van der Waals surface area (Å²) in [4.78, 5) is 2.81. The van der Waals surface area contributed by atoms with E-state index in [1.807, 2.05) is 0 Å². The molecular formula is C21H18F6N2O5S. The van der Waals surface area contributed by atoms with Gasteiger partial charge in [0.05, 0.1) is 23.8 Å². The molecule has 0 aliphatic carbocycles. The normalized spacial score (nSPS) is 17.4. The highest BCUT2D eigenvalue weighted by molar-refractivity contribution is 7.92. The van der Waals surface area contributed by atoms with Gasteiger partial charge < -0.3 is 14.7 Å². The van der Waals surface area contributed by atoms with Crippen molar-refractivity contribution in [3.05, 3.63) is 42.2 Å². The first-order valence-corrected chi connectivity index (χ1v) is 11.7. The molecule has 1 aromatic carbocycles. The summed E-state index contributed by atoms with van der Waals surface area (Å²) in [5, 5.41) is 5.61. The number of fused-ring (bicyclic) bond motifs is 1. The van der Waals surface area contributed by atoms with Gasteiger partial charge in [-0.2, -0.15) is 31.1 Å². The topological polar surface area (TPSA) is 90.7 Å². The smallest absolute Gasteiger partial charge is 0.414 e. The standard InChI is InChI=1S/C21H18F6N2O5S/c1-11-8-15(14-4-6-28-18(14)29(11)30)16-9-13(2-3-17(16)34-12-5-7-33-10-12)35(31,32)19(20(22,23)24)21(25,26)27/h2-4,6,8-9,12,19,30H,5,7,10H2,1H3. The van der Waals surface area contributed by atoms with E-state index >= 15 is 0 Å². The van der Waals surface area contributed by atoms with E-state index in [9.17, 15) is 40.0 Å². The number of pyridine rings is 1. The minimum Gasteiger partial charge on any atom is -0.487 e. The number of hydrogen-bond donors (Lipinski definition) is 1. The van der Waals surface area contributed by atoms with Crippen LogP contribution in [-0.2, 0) is 14.6 Å². The molecule has 1 N–H and O–H groups in total. The van der Waals surface area contributed by atoms with Crippen molar-refractivity contribution in [3.63, 3.8) is 0 Å². The molecule has 1 atom stereocenters. The number of hydrogen-bond acceptors (Lipinski definition) is 6. The Bertz CT molecular complexity index is 1300. The quantitative estimate of drug-likeness (QED) is 0.387. The highest BCUT2D eigenvalue weighted by Gasteiger charge is 2.64. The Morgan fingerprint density at radius 3 is 2.37 bits per heavy atom. The lowest BCUT2D eigenvalue weighted by Gasteiger charge is -2.24. The van der Waals surface area contributed by atoms with Crippen LogP contribution < -0.4 is 4.74 Å². The first kappa shape index (κ1) is 25.1. The van der Waals surface area contributed by atoms with Crippen LogP contribution in [0.25, 0.3) is 22.5 Å². The van der Waals surface area contributed by atoms with Gasteiger partial charge in [0.1, 0.15) is 11.9 Å². The molecule has 14 heteroatoms. The van der Waals surface area contributed by atoms with Gasteiger partial charge in [0.25, 0.3) is 5.25 Å². The lowest BCUT2D eigenvalue weighted by Crippen LogP contribution is -2.48. The lowest BCUT2D eigenvalue weighted by molar-refractivity contribution is -0.226. The van der Waals surface area contributed by atoms with Crippen molar-refractivity contribution in [2.24, 2.45) is 0 Å². The van der Waals surface area contributed by atoms with Gasteiger partial charge >= 0.3 is 12.4 Å². The molecule has 3 aliphatic heterocycles. The molecule has 35 heavy (non-hydrogen) atoms. The Labute approximate surface area is 195 Å². The molecule has 1 aromatic rings. The van der Waals surface area contributed by atoms with Crippen LogP contribution in [0.2, 0.25) is 0 Å². The molecule has 7 nitrogen and oxygen atoms in total. The van der Waals surface area contributed by atoms with Crippen molar-refractivity contribution >= 4 is 9.84 Å². The van der Waals surface area contributed by atoms with Gasteiger partial charge in [0, 0.05) is 23.7 Å². The SMILES string of the molecule is Cc1cc(-c2cc(S(=O)(=O)C(C(F)(F)F)C(F)(F)F)ccc2OC2CCOC2)c2ccnc-2n1O. The molecule has 0 saturated carbocycles. The largest absolute Gasteiger partial charge is 0.487 e. The second-order valence-corrected chi connectivity index (χ2v) is 10.00. The first-order chi connectivity index (χ1) is 16.2. The van der Waals surface area contributed by atoms with E-state index in [2.05, 4.69) is 4.98 Å². The van der Waals surface area contributed by atoms with Crippen LogP contribution in [0.15, 0.2) is 41.4 Å². The Morgan fingerprint density at radius 2 is 1.77 bits per heavy atom. The molecule has 0 amide bonds. The molecule has 0 bridgehead atoms. The van der Waals surface area contributed by atoms with E-state index < -0.39 is 38.4 Å². The molecule has 1 saturated heterocycles. The maximum Gasteiger partial charge on any atom is 0.414 e. The number of sulfone groups is 1. The number of aromatic nitrogens is 2. The Hall–Kier alpha value is -3.00. The van der Waals surface area contributed by atoms with Gasteiger partial charge in [-0.1, -0.05) is 0 Å². The number of ether oxygens (including phenoxy) is 2. The van der Waals surface area contributed by atoms with Gasteiger partial charge in [0.2, 0.25) is 0 Å². The summed E-state index contributed by atoms with van der Waals surface area (Å²) >= 11 is 0. The molecule has 3 heterocycles. The van der Waals surface area contributed by atoms with Crippen LogP contribution in [0, 0.1) is 6.92 Å². The van der Waals surface area contributed by atoms with Crippen molar-refractivity contribution in [2.75, 3.05) is 13.2 Å². The van der Waals surface area contributed by atoms with E-state index in [-0.39, 0.29) is 40.6 Å². The summed E-state index contributed by atoms with van der Waals surface area (Å²) in [7, 11) is -5.95. The maximum atomic E-state index is 13.3. The molecule has 1 fully saturated rings. The zero-order chi connectivity index (χ0) is 25.8. The summed E-state index contributed by atoms with van der Waals surface area (Å²) in [5.41, 5.74) is 0.603. The number of aryl methyl sites for hydroxylation is 1. The van der Waals surface area contributed by atoms with Crippen molar-refractivity contribution in [2.45, 2.75) is 41.9 Å². The zero-order valence-electron chi connectivity index (χ0n) is 17.9. The Balaban J connectivity index is 1.93. The molecule has 3 aliphatic rings. The summed E-state index contributed by atoms with van der Waals surface area (Å²) in [6, 6.07) is 5.22. The van der Waals surface area contributed by atoms with Crippen molar-refractivity contribution in [3.8, 4) is 28.3 Å². The number of alkyl halides is 6. The zero-order valence-corrected chi connectivity index (χ0v) is 18.7. The average molecular weight is 524 g/mol. The van der Waals surface area contributed by atoms with Crippen LogP contribution in [-0.4, -0.2) is 60.3 Å². The summed E-state index contributed by atoms with van der Waals surface area (Å²) in [5.74, 6) is 0.0690. The average Bonchev–Trinajstić information content (AvgIpc) is 3.40. The second-order valence-electron chi connectivity index (χ2n) is 7.96. The molecule has 4 rings (SSSR count). The number of rotatable bonds is 5. The van der Waals surface area contributed by atoms with E-state index in [1.165, 1.54) is 25.3 Å². The predicted molar refractivity (Wildman–Crippen MR) is 109 cm³/mol. The predicted octanol–water partition coefficient (Wildman–Crippen LogP) is 4.64. The Morgan fingerprint density at radius 1 is 1.09 bits per heavy atom. The molecule has 1 unspecified atom stereocenters. The maximum absolute atomic E-state index is 13.3. The fourth-order valence-electron chi connectivity index (χ4n) is 3.90. The van der Waals surface area contributed by atoms with Crippen molar-refractivity contribution in [1.82, 2.24) is 9.71 Å². The van der Waals surface area contributed by atoms with E-state index in [4.69, 9.17) is 9.47 Å². The molecule has 0 spiro atoms. The van der Waals surface area contributed by atoms with Crippen LogP contribution in [0.3, 0.4) is 0 Å². The minimum atomic E-state index is -6.10. The van der Waals surface area contributed by atoms with Crippen molar-refractivity contribution in [1.29, 1.82) is 0 Å². The van der Waals surface area contributed by atoms with E-state index in [1.54, 1.807) is 0 Å². The Kier molecular flexibility index (Phi) is 6.16. The van der Waals surface area contributed by atoms with Crippen LogP contribution in [0.4, 0.5) is 26.3 Å². The minimum absolute atomic E-state index is 0.0209. The number of nitrogens with zero attached hydrogens (tertiary/aromatic N) is 2. The second kappa shape index (κ2) is 8.59. The van der Waals surface area contributed by atoms with Gasteiger partial charge in [-0.15, -0.1) is 0 Å². The highest BCUT2D eigenvalue weighted by atomic mass is 32.2. The van der Waals surface area contributed by atoms with Crippen LogP contribution in [0.5, 0.6) is 5.75 Å². The third-order valence-electron chi connectivity index (χ3n) is 5.51. The third kappa shape index (κ3) is 4.63. The fourth-order valence-corrected chi connectivity index (χ4v) is 5.42. The molecule has 0 aromatic heterocycles. The molecular weight excluding hydrogens is 506 g/mol. The van der Waals surface area contributed by atoms with Crippen LogP contribution in [0.1, 0.15) is 12.1 Å². The summed E-state index contributed by atoms with van der Waals surface area (Å²) in [6.07, 6.45) is -10.9. The summed E-state index contributed by atoms with van der Waals surface area (Å²) < 4.78 is 117. The lowest BCUT2D eigenvalue weighted by atomic mass is 9.98. The molecule has 190 valence electrons. The molecule has 0 radical (unpaired) electrons. The highest BCUT2D eigenvalue weighted by Crippen LogP contribution is 2.44. The van der Waals surface area contributed by atoms with Gasteiger partial charge in [-0.3, -0.25) is 0 Å². The van der Waals surface area contributed by atoms with Gasteiger partial charge in [-0.05, 0) is 42.8 Å². The number of benzene rings is 1. The van der Waals surface area contributed by atoms with Gasteiger partial charge in [0.15, 0.2) is 15.7 Å². The third-order valence-corrected chi connectivity index (χ3v) is 7.58. The number of halogens is 6. The van der Waals surface area contributed by atoms with Crippen molar-refractivity contribution < 1.29 is 49.4 Å². The van der Waals surface area contributed by atoms with Gasteiger partial charge in [-0.25, -0.2) is 13.4 Å². The van der Waals surface area contributed by atoms with E-state index in [0.717, 1.165) is 10.8 Å². The summed E-state index contributed by atoms with van der Waals surface area (Å²) in [6.45, 7) is 2.06. The van der Waals surface area contributed by atoms with E-state index in [0.29, 0.717) is 25.2 Å². The van der Waals surface area contributed by atoms with Crippen LogP contribution >= 0.6 is 0 Å². The first-order valence-electron chi connectivity index (χ1n) is 10.1.